The first kappa shape index (κ1) is 97.4. The van der Waals surface area contributed by atoms with Crippen LogP contribution in [0.1, 0.15) is 89.2 Å². The predicted octanol–water partition coefficient (Wildman–Crippen LogP) is -1.09. The Morgan fingerprint density at radius 2 is 0.796 bits per heavy atom. The number of alkyl halides is 15. The van der Waals surface area contributed by atoms with Gasteiger partial charge in [0, 0.05) is 89.9 Å². The molecule has 0 aliphatic heterocycles. The van der Waals surface area contributed by atoms with Crippen LogP contribution >= 0.6 is 0 Å². The number of aliphatic hydroxyl groups is 1. The highest BCUT2D eigenvalue weighted by Crippen LogP contribution is 2.19. The number of imidazole rings is 1. The number of carbonyl (C=O) groups excluding carboxylic acids is 6. The van der Waals surface area contributed by atoms with E-state index in [1.165, 1.54) is 27.2 Å². The monoisotopic (exact) mass is 1460 g/mol. The highest BCUT2D eigenvalue weighted by atomic mass is 19.4. The number of carboxylic acid groups (broad SMARTS) is 5. The maximum atomic E-state index is 14.3. The number of carboxylic acids is 5. The number of carbonyl (C=O) groups is 11. The minimum atomic E-state index is -5.08. The van der Waals surface area contributed by atoms with Gasteiger partial charge in [0.15, 0.2) is 11.9 Å². The highest BCUT2D eigenvalue weighted by Gasteiger charge is 2.41. The van der Waals surface area contributed by atoms with Crippen LogP contribution in [0.5, 0.6) is 0 Å². The van der Waals surface area contributed by atoms with Crippen molar-refractivity contribution in [1.29, 1.82) is 0 Å². The van der Waals surface area contributed by atoms with Gasteiger partial charge in [0.1, 0.15) is 18.1 Å². The fourth-order valence-corrected chi connectivity index (χ4v) is 6.86. The van der Waals surface area contributed by atoms with Gasteiger partial charge in [-0.15, -0.1) is 0 Å². The molecule has 1 aromatic heterocycles. The Labute approximate surface area is 546 Å². The SMILES string of the molecule is NCCCCCC(=O)N(CCNC(=O)[C@H](CCCN=C(N)N)N(CCN)C(=O)CCO)[C@@H](Cc1cnc[nH]1)C(=O)NCCN(C(=O)CCCCN=C(N)N)[C@@H](CCCCN)C(N)=O.O=C(O)C(F)(F)F.O=C(O)C(F)(F)F.O=C(O)C(F)(F)F.O=C(O)C(F)(F)F.O=C(O)C(F)(F)F. The topological polar surface area (TPSA) is 604 Å². The van der Waals surface area contributed by atoms with Gasteiger partial charge in [-0.25, -0.2) is 29.0 Å². The normalized spacial score (nSPS) is 11.9. The average Bonchev–Trinajstić information content (AvgIpc) is 1.15. The van der Waals surface area contributed by atoms with E-state index in [1.807, 2.05) is 0 Å². The Hall–Kier alpha value is -9.29. The van der Waals surface area contributed by atoms with E-state index in [1.54, 1.807) is 0 Å². The Morgan fingerprint density at radius 3 is 1.13 bits per heavy atom. The Bertz CT molecular complexity index is 2470. The van der Waals surface area contributed by atoms with Crippen molar-refractivity contribution in [3.05, 3.63) is 18.2 Å². The average molecular weight is 1460 g/mol. The van der Waals surface area contributed by atoms with Crippen molar-refractivity contribution < 1.29 is 149 Å². The van der Waals surface area contributed by atoms with Crippen LogP contribution in [-0.2, 0) is 59.2 Å². The summed E-state index contributed by atoms with van der Waals surface area (Å²) in [5.41, 5.74) is 45.3. The number of aliphatic imine (C=N–C) groups is 2. The maximum absolute atomic E-state index is 14.3. The van der Waals surface area contributed by atoms with Crippen LogP contribution in [-0.4, -0.2) is 254 Å². The first-order valence-electron chi connectivity index (χ1n) is 28.0. The van der Waals surface area contributed by atoms with Crippen molar-refractivity contribution in [1.82, 2.24) is 35.3 Å². The van der Waals surface area contributed by atoms with Crippen LogP contribution in [0.25, 0.3) is 0 Å². The zero-order chi connectivity index (χ0) is 77.4. The summed E-state index contributed by atoms with van der Waals surface area (Å²) < 4.78 is 159. The van der Waals surface area contributed by atoms with Gasteiger partial charge in [-0.2, -0.15) is 65.9 Å². The molecule has 34 nitrogen and oxygen atoms in total. The van der Waals surface area contributed by atoms with Gasteiger partial charge in [0.05, 0.1) is 12.9 Å². The van der Waals surface area contributed by atoms with Gasteiger partial charge in [-0.05, 0) is 70.9 Å². The summed E-state index contributed by atoms with van der Waals surface area (Å²) in [6.07, 6.45) is -17.7. The summed E-state index contributed by atoms with van der Waals surface area (Å²) in [6, 6.07) is -3.07. The van der Waals surface area contributed by atoms with Crippen molar-refractivity contribution >= 4 is 77.2 Å². The number of aliphatic carboxylic acids is 5. The van der Waals surface area contributed by atoms with Crippen LogP contribution in [0, 0.1) is 0 Å². The van der Waals surface area contributed by atoms with E-state index in [0.717, 1.165) is 0 Å². The molecule has 1 aromatic rings. The second kappa shape index (κ2) is 51.0. The van der Waals surface area contributed by atoms with Crippen LogP contribution in [0.3, 0.4) is 0 Å². The number of hydrogen-bond donors (Lipinski definition) is 17. The van der Waals surface area contributed by atoms with Crippen LogP contribution in [0.2, 0.25) is 0 Å². The Kier molecular flexibility index (Phi) is 50.7. The summed E-state index contributed by atoms with van der Waals surface area (Å²) >= 11 is 0. The molecule has 25 N–H and O–H groups in total. The van der Waals surface area contributed by atoms with Crippen molar-refractivity contribution in [2.24, 2.45) is 55.9 Å². The summed E-state index contributed by atoms with van der Waals surface area (Å²) in [6.45, 7) is 0.650. The lowest BCUT2D eigenvalue weighted by molar-refractivity contribution is -0.193. The number of H-pyrrole nitrogens is 1. The quantitative estimate of drug-likeness (QED) is 0.0164. The molecule has 98 heavy (non-hydrogen) atoms. The number of aromatic nitrogens is 2. The number of guanidine groups is 2. The fourth-order valence-electron chi connectivity index (χ4n) is 6.86. The number of nitrogens with two attached hydrogens (primary N) is 8. The highest BCUT2D eigenvalue weighted by molar-refractivity contribution is 5.90. The number of rotatable bonds is 36. The number of aliphatic hydroxyl groups excluding tert-OH is 1. The predicted molar refractivity (Wildman–Crippen MR) is 308 cm³/mol. The first-order valence-corrected chi connectivity index (χ1v) is 28.0. The lowest BCUT2D eigenvalue weighted by Gasteiger charge is -2.33. The molecule has 0 saturated heterocycles. The van der Waals surface area contributed by atoms with Crippen LogP contribution in [0.15, 0.2) is 22.5 Å². The number of hydrogen-bond acceptors (Lipinski definition) is 18. The second-order valence-electron chi connectivity index (χ2n) is 18.9. The molecule has 0 unspecified atom stereocenters. The molecule has 0 aliphatic rings. The second-order valence-corrected chi connectivity index (χ2v) is 18.9. The minimum absolute atomic E-state index is 0.0170. The fraction of sp³-hybridized carbons (Fsp3) is 0.673. The van der Waals surface area contributed by atoms with E-state index >= 15 is 0 Å². The van der Waals surface area contributed by atoms with E-state index in [-0.39, 0.29) is 108 Å². The summed E-state index contributed by atoms with van der Waals surface area (Å²) in [5, 5.41) is 50.8. The van der Waals surface area contributed by atoms with E-state index in [2.05, 4.69) is 30.6 Å². The van der Waals surface area contributed by atoms with E-state index in [9.17, 15) is 99.7 Å². The molecule has 0 saturated carbocycles. The van der Waals surface area contributed by atoms with Gasteiger partial charge < -0.3 is 107 Å². The maximum Gasteiger partial charge on any atom is 0.490 e. The molecular weight excluding hydrogens is 1380 g/mol. The lowest BCUT2D eigenvalue weighted by atomic mass is 10.1. The molecule has 0 fully saturated rings. The van der Waals surface area contributed by atoms with Crippen LogP contribution in [0.4, 0.5) is 65.9 Å². The van der Waals surface area contributed by atoms with E-state index in [0.29, 0.717) is 76.7 Å². The standard InChI is InChI=1S/C39H75N17O7.5C2HF3O2/c40-14-5-1-2-11-33(59)56(23-20-49-36(62)30(10-8-18-52-39(46)47)54(21-16-42)34(60)13-24-57)31(25-28-26-48-27-53-28)37(63)50-19-22-55(29(35(43)61)9-3-6-15-41)32(58)12-4-7-17-51-38(44)45;5*3-2(4,5)1(6)7/h26-27,29-31,57H,1-25,40-42H2,(H2,43,61)(H,48,53)(H,49,62)(H,50,63)(H4,44,45,51)(H4,46,47,52);5*(H,6,7)/t29-,30-,31-;;;;;/m0...../s1. The van der Waals surface area contributed by atoms with E-state index < -0.39 is 109 Å². The molecule has 0 bridgehead atoms. The van der Waals surface area contributed by atoms with Crippen molar-refractivity contribution in [2.45, 2.75) is 139 Å². The lowest BCUT2D eigenvalue weighted by Crippen LogP contribution is -2.56. The summed E-state index contributed by atoms with van der Waals surface area (Å²) in [4.78, 5) is 145. The number of nitrogens with one attached hydrogen (secondary N) is 3. The third kappa shape index (κ3) is 51.0. The van der Waals surface area contributed by atoms with Crippen LogP contribution < -0.4 is 56.5 Å². The number of unbranched alkanes of at least 4 members (excludes halogenated alkanes) is 4. The number of primary amides is 1. The molecule has 49 heteroatoms. The third-order valence-corrected chi connectivity index (χ3v) is 11.3. The molecule has 568 valence electrons. The van der Waals surface area contributed by atoms with Gasteiger partial charge in [-0.1, -0.05) is 6.42 Å². The molecular formula is C49H80F15N17O17. The van der Waals surface area contributed by atoms with E-state index in [4.69, 9.17) is 95.4 Å². The smallest absolute Gasteiger partial charge is 0.475 e. The zero-order valence-electron chi connectivity index (χ0n) is 51.7. The third-order valence-electron chi connectivity index (χ3n) is 11.3. The van der Waals surface area contributed by atoms with Gasteiger partial charge in [0.25, 0.3) is 0 Å². The number of nitrogens with zero attached hydrogens (tertiary/aromatic N) is 6. The summed E-state index contributed by atoms with van der Waals surface area (Å²) in [7, 11) is 0. The Morgan fingerprint density at radius 1 is 0.459 bits per heavy atom. The molecule has 0 spiro atoms. The Balaban J connectivity index is -0.000000660. The largest absolute Gasteiger partial charge is 0.490 e. The molecule has 3 atom stereocenters. The van der Waals surface area contributed by atoms with Gasteiger partial charge >= 0.3 is 60.7 Å². The van der Waals surface area contributed by atoms with Crippen molar-refractivity contribution in [3.63, 3.8) is 0 Å². The zero-order valence-corrected chi connectivity index (χ0v) is 51.7. The number of aromatic amines is 1. The summed E-state index contributed by atoms with van der Waals surface area (Å²) in [5.74, 6) is -16.9. The minimum Gasteiger partial charge on any atom is -0.475 e. The molecule has 0 aliphatic carbocycles. The van der Waals surface area contributed by atoms with Crippen molar-refractivity contribution in [3.8, 4) is 0 Å². The number of amides is 6. The van der Waals surface area contributed by atoms with Gasteiger partial charge in [-0.3, -0.25) is 38.8 Å². The molecule has 1 heterocycles. The molecule has 6 amide bonds. The van der Waals surface area contributed by atoms with Crippen molar-refractivity contribution in [2.75, 3.05) is 72.1 Å². The first-order chi connectivity index (χ1) is 44.9. The molecule has 1 rings (SSSR count). The molecule has 0 radical (unpaired) electrons. The van der Waals surface area contributed by atoms with Gasteiger partial charge in [0.2, 0.25) is 35.4 Å². The molecule has 0 aromatic carbocycles. The number of halogens is 15.